The maximum atomic E-state index is 13.1. The summed E-state index contributed by atoms with van der Waals surface area (Å²) < 4.78 is 68.3. The molecule has 0 bridgehead atoms. The molecule has 6 atom stereocenters. The maximum Gasteiger partial charge on any atom is 0.472 e. The molecule has 93 heavy (non-hydrogen) atoms. The Balaban J connectivity index is 5.20. The molecule has 0 aliphatic heterocycles. The van der Waals surface area contributed by atoms with Gasteiger partial charge < -0.3 is 33.8 Å². The summed E-state index contributed by atoms with van der Waals surface area (Å²) in [5.74, 6) is 0.238. The van der Waals surface area contributed by atoms with E-state index < -0.39 is 97.5 Å². The van der Waals surface area contributed by atoms with E-state index in [0.717, 1.165) is 120 Å². The van der Waals surface area contributed by atoms with E-state index in [1.807, 2.05) is 0 Å². The van der Waals surface area contributed by atoms with Crippen molar-refractivity contribution in [1.29, 1.82) is 0 Å². The number of unbranched alkanes of at least 4 members (excludes halogenated alkanes) is 39. The molecule has 19 heteroatoms. The zero-order chi connectivity index (χ0) is 68.7. The van der Waals surface area contributed by atoms with Crippen molar-refractivity contribution < 1.29 is 80.2 Å². The molecule has 0 heterocycles. The van der Waals surface area contributed by atoms with Gasteiger partial charge in [-0.1, -0.05) is 325 Å². The van der Waals surface area contributed by atoms with Gasteiger partial charge in [0.15, 0.2) is 12.2 Å². The normalized spacial score (nSPS) is 14.4. The van der Waals surface area contributed by atoms with Gasteiger partial charge >= 0.3 is 39.5 Å². The molecule has 0 aromatic rings. The minimum atomic E-state index is -4.96. The molecule has 552 valence electrons. The van der Waals surface area contributed by atoms with Gasteiger partial charge in [-0.15, -0.1) is 0 Å². The molecule has 0 aliphatic carbocycles. The average molecular weight is 1370 g/mol. The molecule has 0 radical (unpaired) electrons. The van der Waals surface area contributed by atoms with Crippen LogP contribution in [0, 0.1) is 17.8 Å². The largest absolute Gasteiger partial charge is 0.472 e. The summed E-state index contributed by atoms with van der Waals surface area (Å²) in [6.07, 6.45) is 50.0. The molecule has 0 fully saturated rings. The average Bonchev–Trinajstić information content (AvgIpc) is 3.59. The second-order valence-corrected chi connectivity index (χ2v) is 30.8. The maximum absolute atomic E-state index is 13.1. The molecule has 3 N–H and O–H groups in total. The molecule has 0 spiro atoms. The fourth-order valence-corrected chi connectivity index (χ4v) is 12.8. The lowest BCUT2D eigenvalue weighted by molar-refractivity contribution is -0.161. The molecule has 0 saturated heterocycles. The third kappa shape index (κ3) is 67.0. The van der Waals surface area contributed by atoms with Crippen molar-refractivity contribution in [3.8, 4) is 0 Å². The van der Waals surface area contributed by atoms with E-state index in [0.29, 0.717) is 25.7 Å². The van der Waals surface area contributed by atoms with Gasteiger partial charge in [0.25, 0.3) is 0 Å². The van der Waals surface area contributed by atoms with Crippen LogP contribution >= 0.6 is 15.6 Å². The number of aliphatic hydroxyl groups is 1. The smallest absolute Gasteiger partial charge is 0.462 e. The van der Waals surface area contributed by atoms with Crippen LogP contribution in [0.15, 0.2) is 0 Å². The van der Waals surface area contributed by atoms with E-state index in [-0.39, 0.29) is 25.7 Å². The first kappa shape index (κ1) is 91.1. The third-order valence-electron chi connectivity index (χ3n) is 17.5. The standard InChI is InChI=1S/C74H144O17P2/c1-8-10-11-12-31-41-48-55-71(76)84-61-69(91-74(79)58-51-44-37-30-29-34-40-47-54-67(7)9-2)63-88-92(80,81)86-59-68(75)60-87-93(82,83)89-64-70(90-73(78)57-50-43-36-28-24-20-16-14-18-22-26-33-39-46-53-66(5)6)62-85-72(77)56-49-42-35-27-23-19-15-13-17-21-25-32-38-45-52-65(3)4/h65-70,75H,8-64H2,1-7H3,(H,80,81)(H,82,83)/t67?,68-,69+,70+/m0/s1. The van der Waals surface area contributed by atoms with Gasteiger partial charge in [0.05, 0.1) is 26.4 Å². The van der Waals surface area contributed by atoms with Crippen molar-refractivity contribution in [3.63, 3.8) is 0 Å². The molecule has 3 unspecified atom stereocenters. The van der Waals surface area contributed by atoms with Crippen LogP contribution in [-0.4, -0.2) is 96.7 Å². The Hall–Kier alpha value is -1.94. The fraction of sp³-hybridized carbons (Fsp3) is 0.946. The minimum absolute atomic E-state index is 0.104. The molecule has 0 aromatic heterocycles. The second kappa shape index (κ2) is 64.7. The quantitative estimate of drug-likeness (QED) is 0.0222. The number of ether oxygens (including phenoxy) is 4. The molecule has 0 saturated carbocycles. The third-order valence-corrected chi connectivity index (χ3v) is 19.4. The first-order valence-corrected chi connectivity index (χ1v) is 41.4. The predicted octanol–water partition coefficient (Wildman–Crippen LogP) is 21.4. The van der Waals surface area contributed by atoms with Gasteiger partial charge in [-0.3, -0.25) is 37.3 Å². The van der Waals surface area contributed by atoms with E-state index in [4.69, 9.17) is 37.0 Å². The van der Waals surface area contributed by atoms with E-state index >= 15 is 0 Å². The van der Waals surface area contributed by atoms with Gasteiger partial charge in [-0.25, -0.2) is 9.13 Å². The molecular weight excluding hydrogens is 1220 g/mol. The van der Waals surface area contributed by atoms with Crippen LogP contribution in [0.3, 0.4) is 0 Å². The van der Waals surface area contributed by atoms with Crippen molar-refractivity contribution in [2.45, 2.75) is 394 Å². The summed E-state index contributed by atoms with van der Waals surface area (Å²) in [7, 11) is -9.90. The molecule has 17 nitrogen and oxygen atoms in total. The minimum Gasteiger partial charge on any atom is -0.462 e. The highest BCUT2D eigenvalue weighted by molar-refractivity contribution is 7.47. The Morgan fingerprint density at radius 1 is 0.312 bits per heavy atom. The summed E-state index contributed by atoms with van der Waals surface area (Å²) in [6.45, 7) is 11.9. The fourth-order valence-electron chi connectivity index (χ4n) is 11.2. The summed E-state index contributed by atoms with van der Waals surface area (Å²) in [5, 5.41) is 10.6. The highest BCUT2D eigenvalue weighted by Crippen LogP contribution is 2.45. The zero-order valence-electron chi connectivity index (χ0n) is 60.7. The van der Waals surface area contributed by atoms with Crippen LogP contribution in [-0.2, 0) is 65.4 Å². The molecular formula is C74H144O17P2. The van der Waals surface area contributed by atoms with E-state index in [9.17, 15) is 43.2 Å². The number of aliphatic hydroxyl groups excluding tert-OH is 1. The summed E-state index contributed by atoms with van der Waals surface area (Å²) in [6, 6.07) is 0. The summed E-state index contributed by atoms with van der Waals surface area (Å²) >= 11 is 0. The van der Waals surface area contributed by atoms with Gasteiger partial charge in [0, 0.05) is 25.7 Å². The van der Waals surface area contributed by atoms with Crippen molar-refractivity contribution in [3.05, 3.63) is 0 Å². The number of carbonyl (C=O) groups excluding carboxylic acids is 4. The Bertz CT molecular complexity index is 1820. The van der Waals surface area contributed by atoms with Crippen molar-refractivity contribution in [2.75, 3.05) is 39.6 Å². The van der Waals surface area contributed by atoms with Gasteiger partial charge in [0.2, 0.25) is 0 Å². The Kier molecular flexibility index (Phi) is 63.4. The SMILES string of the molecule is CCCCCCCCCC(=O)OC[C@H](COP(=O)(O)OC[C@H](O)COP(=O)(O)OC[C@@H](COC(=O)CCCCCCCCCCCCCCCCC(C)C)OC(=O)CCCCCCCCCCCCCCCCC(C)C)OC(=O)CCCCCCCCCCC(C)CC. The van der Waals surface area contributed by atoms with Crippen LogP contribution in [0.25, 0.3) is 0 Å². The lowest BCUT2D eigenvalue weighted by Crippen LogP contribution is -2.30. The molecule has 0 rings (SSSR count). The number of carbonyl (C=O) groups is 4. The van der Waals surface area contributed by atoms with Crippen molar-refractivity contribution >= 4 is 39.5 Å². The molecule has 0 aliphatic rings. The number of phosphoric acid groups is 2. The van der Waals surface area contributed by atoms with Gasteiger partial charge in [0.1, 0.15) is 19.3 Å². The Morgan fingerprint density at radius 3 is 0.817 bits per heavy atom. The highest BCUT2D eigenvalue weighted by atomic mass is 31.2. The zero-order valence-corrected chi connectivity index (χ0v) is 62.5. The van der Waals surface area contributed by atoms with Crippen LogP contribution in [0.1, 0.15) is 376 Å². The number of hydrogen-bond acceptors (Lipinski definition) is 15. The monoisotopic (exact) mass is 1370 g/mol. The van der Waals surface area contributed by atoms with E-state index in [1.165, 1.54) is 173 Å². The lowest BCUT2D eigenvalue weighted by Gasteiger charge is -2.21. The number of rotatable bonds is 72. The Labute approximate surface area is 568 Å². The Morgan fingerprint density at radius 2 is 0.548 bits per heavy atom. The number of esters is 4. The highest BCUT2D eigenvalue weighted by Gasteiger charge is 2.30. The molecule has 0 amide bonds. The second-order valence-electron chi connectivity index (χ2n) is 27.9. The topological polar surface area (TPSA) is 237 Å². The van der Waals surface area contributed by atoms with Crippen molar-refractivity contribution in [1.82, 2.24) is 0 Å². The number of hydrogen-bond donors (Lipinski definition) is 3. The van der Waals surface area contributed by atoms with Crippen LogP contribution in [0.5, 0.6) is 0 Å². The van der Waals surface area contributed by atoms with Crippen molar-refractivity contribution in [2.24, 2.45) is 17.8 Å². The lowest BCUT2D eigenvalue weighted by atomic mass is 9.99. The first-order valence-electron chi connectivity index (χ1n) is 38.4. The number of phosphoric ester groups is 2. The van der Waals surface area contributed by atoms with Crippen LogP contribution in [0.4, 0.5) is 0 Å². The first-order chi connectivity index (χ1) is 44.8. The van der Waals surface area contributed by atoms with E-state index in [1.54, 1.807) is 0 Å². The predicted molar refractivity (Wildman–Crippen MR) is 377 cm³/mol. The van der Waals surface area contributed by atoms with E-state index in [2.05, 4.69) is 48.5 Å². The summed E-state index contributed by atoms with van der Waals surface area (Å²) in [5.41, 5.74) is 0. The van der Waals surface area contributed by atoms with Crippen LogP contribution < -0.4 is 0 Å². The van der Waals surface area contributed by atoms with Gasteiger partial charge in [-0.2, -0.15) is 0 Å². The van der Waals surface area contributed by atoms with Gasteiger partial charge in [-0.05, 0) is 43.4 Å². The van der Waals surface area contributed by atoms with Crippen LogP contribution in [0.2, 0.25) is 0 Å². The molecule has 0 aromatic carbocycles. The summed E-state index contributed by atoms with van der Waals surface area (Å²) in [4.78, 5) is 72.6.